The van der Waals surface area contributed by atoms with Gasteiger partial charge in [0.25, 0.3) is 0 Å². The Hall–Kier alpha value is -0.690. The Labute approximate surface area is 112 Å². The summed E-state index contributed by atoms with van der Waals surface area (Å²) in [5.74, 6) is -0.360. The van der Waals surface area contributed by atoms with Crippen LogP contribution < -0.4 is 10.0 Å². The highest BCUT2D eigenvalue weighted by Crippen LogP contribution is 2.16. The van der Waals surface area contributed by atoms with Gasteiger partial charge in [-0.05, 0) is 30.7 Å². The molecule has 0 radical (unpaired) electrons. The Morgan fingerprint density at radius 3 is 2.67 bits per heavy atom. The van der Waals surface area contributed by atoms with Crippen molar-refractivity contribution in [3.05, 3.63) is 34.6 Å². The molecule has 0 atom stereocenters. The molecule has 0 spiro atoms. The molecular weight excluding hydrogens is 279 g/mol. The molecule has 0 amide bonds. The molecule has 7 heteroatoms. The molecule has 1 aromatic carbocycles. The van der Waals surface area contributed by atoms with E-state index in [-0.39, 0.29) is 5.82 Å². The van der Waals surface area contributed by atoms with E-state index in [1.165, 1.54) is 12.1 Å². The third kappa shape index (κ3) is 6.30. The van der Waals surface area contributed by atoms with Crippen molar-refractivity contribution in [1.82, 2.24) is 10.0 Å². The van der Waals surface area contributed by atoms with Crippen molar-refractivity contribution in [3.8, 4) is 0 Å². The zero-order chi connectivity index (χ0) is 13.6. The highest BCUT2D eigenvalue weighted by molar-refractivity contribution is 7.88. The van der Waals surface area contributed by atoms with Crippen molar-refractivity contribution in [1.29, 1.82) is 0 Å². The molecule has 0 bridgehead atoms. The van der Waals surface area contributed by atoms with Crippen LogP contribution in [0.25, 0.3) is 0 Å². The maximum atomic E-state index is 12.8. The van der Waals surface area contributed by atoms with Crippen molar-refractivity contribution in [2.24, 2.45) is 0 Å². The van der Waals surface area contributed by atoms with Crippen molar-refractivity contribution in [2.45, 2.75) is 13.0 Å². The summed E-state index contributed by atoms with van der Waals surface area (Å²) in [4.78, 5) is 0. The predicted octanol–water partition coefficient (Wildman–Crippen LogP) is 1.51. The molecule has 0 heterocycles. The molecule has 0 aliphatic rings. The van der Waals surface area contributed by atoms with Crippen LogP contribution in [0.1, 0.15) is 12.0 Å². The SMILES string of the molecule is CS(=O)(=O)NCCCNCc1ccc(F)cc1Cl. The number of benzene rings is 1. The highest BCUT2D eigenvalue weighted by Gasteiger charge is 2.02. The molecule has 4 nitrogen and oxygen atoms in total. The summed E-state index contributed by atoms with van der Waals surface area (Å²) in [5, 5.41) is 3.49. The Morgan fingerprint density at radius 2 is 2.06 bits per heavy atom. The molecule has 2 N–H and O–H groups in total. The lowest BCUT2D eigenvalue weighted by molar-refractivity contribution is 0.579. The molecule has 18 heavy (non-hydrogen) atoms. The lowest BCUT2D eigenvalue weighted by Crippen LogP contribution is -2.26. The van der Waals surface area contributed by atoms with E-state index >= 15 is 0 Å². The van der Waals surface area contributed by atoms with Crippen LogP contribution >= 0.6 is 11.6 Å². The van der Waals surface area contributed by atoms with Crippen LogP contribution in [0.3, 0.4) is 0 Å². The van der Waals surface area contributed by atoms with E-state index in [1.807, 2.05) is 0 Å². The van der Waals surface area contributed by atoms with Crippen LogP contribution in [-0.2, 0) is 16.6 Å². The first kappa shape index (κ1) is 15.4. The van der Waals surface area contributed by atoms with Crippen LogP contribution in [0.2, 0.25) is 5.02 Å². The summed E-state index contributed by atoms with van der Waals surface area (Å²) in [6.07, 6.45) is 1.80. The number of halogens is 2. The first-order valence-corrected chi connectivity index (χ1v) is 7.75. The second kappa shape index (κ2) is 7.04. The van der Waals surface area contributed by atoms with Gasteiger partial charge in [0.05, 0.1) is 6.26 Å². The normalized spacial score (nSPS) is 11.7. The standard InChI is InChI=1S/C11H16ClFN2O2S/c1-18(16,17)15-6-2-5-14-8-9-3-4-10(13)7-11(9)12/h3-4,7,14-15H,2,5-6,8H2,1H3. The van der Waals surface area contributed by atoms with E-state index in [0.29, 0.717) is 31.1 Å². The van der Waals surface area contributed by atoms with Gasteiger partial charge in [-0.15, -0.1) is 0 Å². The van der Waals surface area contributed by atoms with E-state index in [9.17, 15) is 12.8 Å². The fourth-order valence-electron chi connectivity index (χ4n) is 1.36. The van der Waals surface area contributed by atoms with Crippen LogP contribution in [0.4, 0.5) is 4.39 Å². The minimum Gasteiger partial charge on any atom is -0.313 e. The molecule has 1 aromatic rings. The number of hydrogen-bond acceptors (Lipinski definition) is 3. The quantitative estimate of drug-likeness (QED) is 0.750. The first-order valence-electron chi connectivity index (χ1n) is 5.48. The van der Waals surface area contributed by atoms with Crippen molar-refractivity contribution in [3.63, 3.8) is 0 Å². The lowest BCUT2D eigenvalue weighted by atomic mass is 10.2. The Bertz CT molecular complexity index is 494. The van der Waals surface area contributed by atoms with Gasteiger partial charge in [0, 0.05) is 18.1 Å². The van der Waals surface area contributed by atoms with Crippen molar-refractivity contribution in [2.75, 3.05) is 19.3 Å². The first-order chi connectivity index (χ1) is 8.38. The lowest BCUT2D eigenvalue weighted by Gasteiger charge is -2.07. The monoisotopic (exact) mass is 294 g/mol. The number of hydrogen-bond donors (Lipinski definition) is 2. The minimum atomic E-state index is -3.12. The molecule has 102 valence electrons. The van der Waals surface area contributed by atoms with Crippen LogP contribution in [0.5, 0.6) is 0 Å². The molecule has 0 aromatic heterocycles. The molecule has 0 fully saturated rings. The summed E-state index contributed by atoms with van der Waals surface area (Å²) < 4.78 is 36.7. The van der Waals surface area contributed by atoms with Crippen LogP contribution in [0.15, 0.2) is 18.2 Å². The topological polar surface area (TPSA) is 58.2 Å². The Kier molecular flexibility index (Phi) is 6.01. The van der Waals surface area contributed by atoms with E-state index in [1.54, 1.807) is 6.07 Å². The van der Waals surface area contributed by atoms with Gasteiger partial charge in [-0.1, -0.05) is 17.7 Å². The summed E-state index contributed by atoms with van der Waals surface area (Å²) in [5.41, 5.74) is 0.814. The van der Waals surface area contributed by atoms with Gasteiger partial charge < -0.3 is 5.32 Å². The molecule has 0 aliphatic heterocycles. The summed E-state index contributed by atoms with van der Waals surface area (Å²) in [7, 11) is -3.12. The molecule has 0 aliphatic carbocycles. The van der Waals surface area contributed by atoms with Gasteiger partial charge in [-0.25, -0.2) is 17.5 Å². The van der Waals surface area contributed by atoms with Crippen LogP contribution in [-0.4, -0.2) is 27.8 Å². The smallest absolute Gasteiger partial charge is 0.208 e. The second-order valence-corrected chi connectivity index (χ2v) is 6.17. The fraction of sp³-hybridized carbons (Fsp3) is 0.455. The highest BCUT2D eigenvalue weighted by atomic mass is 35.5. The summed E-state index contributed by atoms with van der Waals surface area (Å²) in [6.45, 7) is 1.57. The molecule has 0 unspecified atom stereocenters. The molecule has 0 saturated carbocycles. The molecule has 0 saturated heterocycles. The number of nitrogens with one attached hydrogen (secondary N) is 2. The third-order valence-electron chi connectivity index (χ3n) is 2.23. The van der Waals surface area contributed by atoms with Gasteiger partial charge in [-0.3, -0.25) is 0 Å². The van der Waals surface area contributed by atoms with E-state index in [0.717, 1.165) is 11.8 Å². The van der Waals surface area contributed by atoms with Gasteiger partial charge >= 0.3 is 0 Å². The zero-order valence-corrected chi connectivity index (χ0v) is 11.6. The van der Waals surface area contributed by atoms with Gasteiger partial charge in [0.1, 0.15) is 5.82 Å². The third-order valence-corrected chi connectivity index (χ3v) is 3.31. The maximum Gasteiger partial charge on any atom is 0.208 e. The average Bonchev–Trinajstić information content (AvgIpc) is 2.24. The number of rotatable bonds is 7. The summed E-state index contributed by atoms with van der Waals surface area (Å²) in [6, 6.07) is 4.25. The van der Waals surface area contributed by atoms with Crippen molar-refractivity contribution < 1.29 is 12.8 Å². The minimum absolute atomic E-state index is 0.360. The summed E-state index contributed by atoms with van der Waals surface area (Å²) >= 11 is 5.86. The maximum absolute atomic E-state index is 12.8. The largest absolute Gasteiger partial charge is 0.313 e. The average molecular weight is 295 g/mol. The zero-order valence-electron chi connectivity index (χ0n) is 10.0. The van der Waals surface area contributed by atoms with E-state index < -0.39 is 10.0 Å². The molecular formula is C11H16ClFN2O2S. The second-order valence-electron chi connectivity index (χ2n) is 3.93. The fourth-order valence-corrected chi connectivity index (χ4v) is 2.11. The van der Waals surface area contributed by atoms with Gasteiger partial charge in [-0.2, -0.15) is 0 Å². The van der Waals surface area contributed by atoms with Crippen LogP contribution in [0, 0.1) is 5.82 Å². The van der Waals surface area contributed by atoms with Gasteiger partial charge in [0.2, 0.25) is 10.0 Å². The van der Waals surface area contributed by atoms with Gasteiger partial charge in [0.15, 0.2) is 0 Å². The number of sulfonamides is 1. The van der Waals surface area contributed by atoms with E-state index in [2.05, 4.69) is 10.0 Å². The predicted molar refractivity (Wildman–Crippen MR) is 70.6 cm³/mol. The Balaban J connectivity index is 2.22. The molecule has 1 rings (SSSR count). The van der Waals surface area contributed by atoms with Crippen molar-refractivity contribution >= 4 is 21.6 Å². The Morgan fingerprint density at radius 1 is 1.33 bits per heavy atom. The van der Waals surface area contributed by atoms with E-state index in [4.69, 9.17) is 11.6 Å².